The maximum Gasteiger partial charge on any atom is 0.410 e. The Morgan fingerprint density at radius 3 is 2.45 bits per heavy atom. The first-order valence-corrected chi connectivity index (χ1v) is 18.9. The second-order valence-corrected chi connectivity index (χ2v) is 15.1. The van der Waals surface area contributed by atoms with Gasteiger partial charge in [0.1, 0.15) is 11.7 Å². The molecule has 14 nitrogen and oxygen atoms in total. The maximum atomic E-state index is 13.5. The number of piperazine rings is 1. The zero-order chi connectivity index (χ0) is 39.5. The largest absolute Gasteiger partial charge is 0.465 e. The van der Waals surface area contributed by atoms with E-state index in [1.54, 1.807) is 58.1 Å². The molecule has 3 aliphatic rings. The minimum Gasteiger partial charge on any atom is -0.465 e. The molecule has 300 valence electrons. The van der Waals surface area contributed by atoms with Crippen LogP contribution in [-0.4, -0.2) is 136 Å². The van der Waals surface area contributed by atoms with Crippen LogP contribution in [0.3, 0.4) is 0 Å². The molecule has 53 heavy (non-hydrogen) atoms. The molecule has 3 N–H and O–H groups in total. The summed E-state index contributed by atoms with van der Waals surface area (Å²) in [5, 5.41) is 32.1. The van der Waals surface area contributed by atoms with Crippen LogP contribution in [0.15, 0.2) is 36.0 Å². The highest BCUT2D eigenvalue weighted by molar-refractivity contribution is 5.72. The summed E-state index contributed by atoms with van der Waals surface area (Å²) >= 11 is 0. The van der Waals surface area contributed by atoms with Crippen molar-refractivity contribution in [2.75, 3.05) is 39.3 Å². The molecular formula is C39H62N2O12. The van der Waals surface area contributed by atoms with Gasteiger partial charge in [0.15, 0.2) is 6.10 Å². The fourth-order valence-corrected chi connectivity index (χ4v) is 6.89. The van der Waals surface area contributed by atoms with Gasteiger partial charge in [-0.05, 0) is 58.6 Å². The average Bonchev–Trinajstić information content (AvgIpc) is 3.84. The number of rotatable bonds is 13. The smallest absolute Gasteiger partial charge is 0.410 e. The highest BCUT2D eigenvalue weighted by Crippen LogP contribution is 2.38. The zero-order valence-corrected chi connectivity index (χ0v) is 32.7. The number of carbonyl (C=O) groups is 4. The second kappa shape index (κ2) is 19.9. The number of epoxide rings is 1. The summed E-state index contributed by atoms with van der Waals surface area (Å²) in [6, 6.07) is 0. The lowest BCUT2D eigenvalue weighted by atomic mass is 9.88. The first kappa shape index (κ1) is 44.1. The van der Waals surface area contributed by atoms with Crippen LogP contribution in [0.4, 0.5) is 4.79 Å². The van der Waals surface area contributed by atoms with Crippen molar-refractivity contribution >= 4 is 24.0 Å². The molecule has 0 radical (unpaired) electrons. The normalized spacial score (nSPS) is 31.9. The Morgan fingerprint density at radius 2 is 1.83 bits per heavy atom. The number of ether oxygens (including phenoxy) is 5. The van der Waals surface area contributed by atoms with Crippen LogP contribution in [0.25, 0.3) is 0 Å². The minimum atomic E-state index is -1.38. The summed E-state index contributed by atoms with van der Waals surface area (Å²) in [5.74, 6) is -2.03. The summed E-state index contributed by atoms with van der Waals surface area (Å²) in [6.07, 6.45) is 4.97. The Hall–Kier alpha value is -3.30. The Bertz CT molecular complexity index is 1340. The third-order valence-electron chi connectivity index (χ3n) is 10.2. The van der Waals surface area contributed by atoms with E-state index in [0.717, 1.165) is 0 Å². The summed E-state index contributed by atoms with van der Waals surface area (Å²) < 4.78 is 28.5. The molecule has 0 aromatic heterocycles. The third-order valence-corrected chi connectivity index (χ3v) is 10.2. The van der Waals surface area contributed by atoms with E-state index in [0.29, 0.717) is 51.2 Å². The van der Waals surface area contributed by atoms with Crippen molar-refractivity contribution in [3.8, 4) is 0 Å². The molecule has 14 heteroatoms. The lowest BCUT2D eigenvalue weighted by molar-refractivity contribution is -0.168. The fourth-order valence-electron chi connectivity index (χ4n) is 6.89. The van der Waals surface area contributed by atoms with E-state index >= 15 is 0 Å². The highest BCUT2D eigenvalue weighted by Gasteiger charge is 2.47. The summed E-state index contributed by atoms with van der Waals surface area (Å²) in [6.45, 7) is 15.7. The Morgan fingerprint density at radius 1 is 1.15 bits per heavy atom. The predicted octanol–water partition coefficient (Wildman–Crippen LogP) is 3.46. The first-order chi connectivity index (χ1) is 24.9. The molecule has 0 spiro atoms. The van der Waals surface area contributed by atoms with Crippen molar-refractivity contribution in [1.29, 1.82) is 0 Å². The van der Waals surface area contributed by atoms with Crippen molar-refractivity contribution in [2.24, 2.45) is 11.8 Å². The summed E-state index contributed by atoms with van der Waals surface area (Å²) in [4.78, 5) is 54.2. The number of carbonyl (C=O) groups excluding carboxylic acids is 4. The quantitative estimate of drug-likeness (QED) is 0.0819. The molecule has 0 aromatic rings. The molecule has 3 rings (SSSR count). The standard InChI is InChI=1S/C39H62N2O12/c1-9-30(44)27(5)36-31(50-36)23-38(7,48)16-11-12-25(3)35-26(4)13-14-32(39(8,53-28(6)42)17-15-29(43)22-33(45)52-35)51-37(47)41-20-18-40(19-21-41)24-34(46)49-10-2/h11-14,16,26-27,29-32,35-36,43-44,48H,9-10,15,17-24H2,1-8H3/b14-13-,16-11+,25-12+/t26-,27+,29+,30-,31+,32-,35+,36-,38-,39+/m0/s1. The Balaban J connectivity index is 1.80. The Kier molecular flexibility index (Phi) is 16.5. The van der Waals surface area contributed by atoms with E-state index in [9.17, 15) is 34.5 Å². The second-order valence-electron chi connectivity index (χ2n) is 15.1. The van der Waals surface area contributed by atoms with Crippen LogP contribution in [0, 0.1) is 11.8 Å². The van der Waals surface area contributed by atoms with Crippen LogP contribution in [0.1, 0.15) is 87.5 Å². The molecule has 0 bridgehead atoms. The van der Waals surface area contributed by atoms with E-state index in [1.165, 1.54) is 11.8 Å². The van der Waals surface area contributed by atoms with Gasteiger partial charge in [0.25, 0.3) is 0 Å². The molecule has 1 amide bonds. The topological polar surface area (TPSA) is 185 Å². The van der Waals surface area contributed by atoms with Gasteiger partial charge >= 0.3 is 24.0 Å². The third kappa shape index (κ3) is 13.8. The molecule has 3 aliphatic heterocycles. The minimum absolute atomic E-state index is 0.0365. The fraction of sp³-hybridized carbons (Fsp3) is 0.744. The van der Waals surface area contributed by atoms with Crippen molar-refractivity contribution < 1.29 is 58.2 Å². The van der Waals surface area contributed by atoms with Gasteiger partial charge < -0.3 is 43.9 Å². The number of cyclic esters (lactones) is 1. The highest BCUT2D eigenvalue weighted by atomic mass is 16.6. The molecule has 0 saturated carbocycles. The molecule has 0 unspecified atom stereocenters. The van der Waals surface area contributed by atoms with Gasteiger partial charge in [-0.15, -0.1) is 0 Å². The SMILES string of the molecule is CCOC(=O)CN1CCN(C(=O)O[C@H]2/C=C\[C@H](C)[C@@H](/C(C)=C/C=C/[C@](C)(O)C[C@H]3O[C@H]3[C@H](C)[C@@H](O)CC)OC(=O)C[C@H](O)CC[C@@]2(C)OC(C)=O)CC1. The first-order valence-electron chi connectivity index (χ1n) is 18.9. The van der Waals surface area contributed by atoms with Gasteiger partial charge in [-0.2, -0.15) is 0 Å². The van der Waals surface area contributed by atoms with E-state index < -0.39 is 59.6 Å². The maximum absolute atomic E-state index is 13.5. The molecule has 2 saturated heterocycles. The lowest BCUT2D eigenvalue weighted by Gasteiger charge is -2.38. The summed E-state index contributed by atoms with van der Waals surface area (Å²) in [7, 11) is 0. The predicted molar refractivity (Wildman–Crippen MR) is 195 cm³/mol. The number of hydrogen-bond acceptors (Lipinski definition) is 13. The van der Waals surface area contributed by atoms with Crippen LogP contribution < -0.4 is 0 Å². The monoisotopic (exact) mass is 750 g/mol. The van der Waals surface area contributed by atoms with E-state index in [2.05, 4.69) is 0 Å². The van der Waals surface area contributed by atoms with Gasteiger partial charge in [-0.3, -0.25) is 19.3 Å². The van der Waals surface area contributed by atoms with E-state index in [4.69, 9.17) is 23.7 Å². The lowest BCUT2D eigenvalue weighted by Crippen LogP contribution is -2.52. The molecule has 10 atom stereocenters. The number of esters is 3. The molecule has 2 fully saturated rings. The van der Waals surface area contributed by atoms with Crippen molar-refractivity contribution in [1.82, 2.24) is 9.80 Å². The van der Waals surface area contributed by atoms with Crippen LogP contribution >= 0.6 is 0 Å². The van der Waals surface area contributed by atoms with Gasteiger partial charge in [-0.25, -0.2) is 4.79 Å². The number of aliphatic hydroxyl groups is 3. The van der Waals surface area contributed by atoms with Crippen LogP contribution in [0.2, 0.25) is 0 Å². The van der Waals surface area contributed by atoms with Gasteiger partial charge in [0.2, 0.25) is 0 Å². The number of nitrogens with zero attached hydrogens (tertiary/aromatic N) is 2. The van der Waals surface area contributed by atoms with E-state index in [-0.39, 0.29) is 49.9 Å². The van der Waals surface area contributed by atoms with Crippen molar-refractivity contribution in [3.05, 3.63) is 36.0 Å². The average molecular weight is 751 g/mol. The van der Waals surface area contributed by atoms with Crippen molar-refractivity contribution in [2.45, 2.75) is 135 Å². The number of amides is 1. The van der Waals surface area contributed by atoms with E-state index in [1.807, 2.05) is 25.7 Å². The molecular weight excluding hydrogens is 688 g/mol. The van der Waals surface area contributed by atoms with Crippen LogP contribution in [0.5, 0.6) is 0 Å². The zero-order valence-electron chi connectivity index (χ0n) is 32.7. The summed E-state index contributed by atoms with van der Waals surface area (Å²) in [5.41, 5.74) is -1.91. The van der Waals surface area contributed by atoms with Crippen LogP contribution in [-0.2, 0) is 38.1 Å². The number of allylic oxidation sites excluding steroid dienone is 2. The molecule has 0 aliphatic carbocycles. The molecule has 0 aromatic carbocycles. The van der Waals surface area contributed by atoms with Crippen molar-refractivity contribution in [3.63, 3.8) is 0 Å². The van der Waals surface area contributed by atoms with Gasteiger partial charge in [0, 0.05) is 51.4 Å². The van der Waals surface area contributed by atoms with Gasteiger partial charge in [0.05, 0.1) is 49.6 Å². The number of aliphatic hydroxyl groups excluding tert-OH is 2. The molecule has 3 heterocycles. The van der Waals surface area contributed by atoms with Gasteiger partial charge in [-0.1, -0.05) is 45.1 Å². The Labute approximate surface area is 314 Å². The number of hydrogen-bond donors (Lipinski definition) is 3.